The summed E-state index contributed by atoms with van der Waals surface area (Å²) in [5, 5.41) is 0. The van der Waals surface area contributed by atoms with E-state index in [1.807, 2.05) is 29.2 Å². The van der Waals surface area contributed by atoms with Gasteiger partial charge in [0.1, 0.15) is 5.75 Å². The largest absolute Gasteiger partial charge is 0.497 e. The number of benzene rings is 1. The SMILES string of the molecule is COc1ccc([C@]23OC(=O)N4CCC[C@@]4(C)[C@H]2CC2(CCCC2)O3)cc1. The molecule has 0 bridgehead atoms. The Kier molecular flexibility index (Phi) is 3.40. The topological polar surface area (TPSA) is 48.0 Å². The smallest absolute Gasteiger partial charge is 0.413 e. The molecule has 3 heterocycles. The summed E-state index contributed by atoms with van der Waals surface area (Å²) >= 11 is 0. The van der Waals surface area contributed by atoms with E-state index in [0.717, 1.165) is 50.0 Å². The molecule has 5 heteroatoms. The Bertz CT molecular complexity index is 726. The molecule has 1 aromatic rings. The average Bonchev–Trinajstić information content (AvgIpc) is 3.34. The standard InChI is InChI=1S/C21H27NO4/c1-19-10-5-13-22(19)18(23)25-21(15-6-8-16(24-2)9-7-15)17(19)14-20(26-21)11-3-4-12-20/h6-9,17H,3-5,10-14H2,1-2H3/t17-,19+,21-/m1/s1. The van der Waals surface area contributed by atoms with Crippen molar-refractivity contribution < 1.29 is 19.0 Å². The van der Waals surface area contributed by atoms with E-state index in [9.17, 15) is 4.79 Å². The number of carbonyl (C=O) groups excluding carboxylic acids is 1. The van der Waals surface area contributed by atoms with Gasteiger partial charge in [0.25, 0.3) is 0 Å². The van der Waals surface area contributed by atoms with Crippen molar-refractivity contribution in [2.24, 2.45) is 5.92 Å². The van der Waals surface area contributed by atoms with Crippen molar-refractivity contribution in [1.29, 1.82) is 0 Å². The molecule has 4 aliphatic rings. The number of nitrogens with zero attached hydrogens (tertiary/aromatic N) is 1. The summed E-state index contributed by atoms with van der Waals surface area (Å²) in [6.45, 7) is 3.03. The lowest BCUT2D eigenvalue weighted by atomic mass is 9.71. The third kappa shape index (κ3) is 2.04. The van der Waals surface area contributed by atoms with Crippen molar-refractivity contribution in [3.05, 3.63) is 29.8 Å². The molecule has 3 aliphatic heterocycles. The fraction of sp³-hybridized carbons (Fsp3) is 0.667. The number of amides is 1. The van der Waals surface area contributed by atoms with Gasteiger partial charge in [-0.15, -0.1) is 0 Å². The zero-order chi connectivity index (χ0) is 18.0. The number of fused-ring (bicyclic) bond motifs is 3. The summed E-state index contributed by atoms with van der Waals surface area (Å²) in [6, 6.07) is 7.87. The summed E-state index contributed by atoms with van der Waals surface area (Å²) in [7, 11) is 1.66. The second kappa shape index (κ2) is 5.38. The number of ether oxygens (including phenoxy) is 3. The summed E-state index contributed by atoms with van der Waals surface area (Å²) in [5.74, 6) is -0.0173. The molecule has 140 valence electrons. The normalized spacial score (nSPS) is 37.5. The van der Waals surface area contributed by atoms with Crippen LogP contribution in [-0.4, -0.2) is 35.8 Å². The molecule has 5 nitrogen and oxygen atoms in total. The van der Waals surface area contributed by atoms with Gasteiger partial charge in [0.2, 0.25) is 5.79 Å². The predicted molar refractivity (Wildman–Crippen MR) is 95.9 cm³/mol. The molecule has 1 spiro atoms. The van der Waals surface area contributed by atoms with E-state index >= 15 is 0 Å². The van der Waals surface area contributed by atoms with Gasteiger partial charge in [-0.05, 0) is 63.3 Å². The number of hydrogen-bond acceptors (Lipinski definition) is 4. The van der Waals surface area contributed by atoms with Crippen LogP contribution in [-0.2, 0) is 15.3 Å². The highest BCUT2D eigenvalue weighted by Gasteiger charge is 2.70. The van der Waals surface area contributed by atoms with E-state index in [1.54, 1.807) is 7.11 Å². The Labute approximate surface area is 154 Å². The van der Waals surface area contributed by atoms with E-state index < -0.39 is 5.79 Å². The fourth-order valence-electron chi connectivity index (χ4n) is 5.96. The maximum absolute atomic E-state index is 12.9. The van der Waals surface area contributed by atoms with Crippen molar-refractivity contribution in [3.63, 3.8) is 0 Å². The molecule has 0 unspecified atom stereocenters. The van der Waals surface area contributed by atoms with Crippen LogP contribution in [0.2, 0.25) is 0 Å². The van der Waals surface area contributed by atoms with E-state index in [2.05, 4.69) is 6.92 Å². The quantitative estimate of drug-likeness (QED) is 0.796. The Morgan fingerprint density at radius 1 is 1.12 bits per heavy atom. The van der Waals surface area contributed by atoms with E-state index in [-0.39, 0.29) is 23.2 Å². The minimum absolute atomic E-state index is 0.146. The summed E-state index contributed by atoms with van der Waals surface area (Å²) in [4.78, 5) is 14.9. The first-order chi connectivity index (χ1) is 12.5. The molecule has 5 rings (SSSR count). The molecule has 0 radical (unpaired) electrons. The van der Waals surface area contributed by atoms with Crippen molar-refractivity contribution in [1.82, 2.24) is 4.90 Å². The second-order valence-electron chi connectivity index (χ2n) is 8.63. The Hall–Kier alpha value is -1.75. The van der Waals surface area contributed by atoms with Crippen LogP contribution in [0.4, 0.5) is 4.79 Å². The van der Waals surface area contributed by atoms with Crippen LogP contribution in [0, 0.1) is 5.92 Å². The van der Waals surface area contributed by atoms with Crippen LogP contribution in [0.25, 0.3) is 0 Å². The third-order valence-corrected chi connectivity index (χ3v) is 7.30. The maximum atomic E-state index is 12.9. The maximum Gasteiger partial charge on any atom is 0.413 e. The van der Waals surface area contributed by atoms with Gasteiger partial charge in [-0.2, -0.15) is 0 Å². The zero-order valence-electron chi connectivity index (χ0n) is 15.6. The van der Waals surface area contributed by atoms with Crippen molar-refractivity contribution in [2.45, 2.75) is 68.8 Å². The lowest BCUT2D eigenvalue weighted by molar-refractivity contribution is -0.276. The van der Waals surface area contributed by atoms with Crippen LogP contribution in [0.1, 0.15) is 57.4 Å². The van der Waals surface area contributed by atoms with Crippen LogP contribution in [0.3, 0.4) is 0 Å². The van der Waals surface area contributed by atoms with Crippen LogP contribution in [0.5, 0.6) is 5.75 Å². The fourth-order valence-corrected chi connectivity index (χ4v) is 5.96. The van der Waals surface area contributed by atoms with Gasteiger partial charge in [0.15, 0.2) is 0 Å². The van der Waals surface area contributed by atoms with Gasteiger partial charge in [-0.1, -0.05) is 12.8 Å². The first kappa shape index (κ1) is 16.4. The number of methoxy groups -OCH3 is 1. The number of hydrogen-bond donors (Lipinski definition) is 0. The summed E-state index contributed by atoms with van der Waals surface area (Å²) in [5.41, 5.74) is 0.599. The molecular formula is C21H27NO4. The molecule has 3 atom stereocenters. The molecule has 3 saturated heterocycles. The van der Waals surface area contributed by atoms with Gasteiger partial charge in [-0.3, -0.25) is 0 Å². The number of carbonyl (C=O) groups is 1. The van der Waals surface area contributed by atoms with Gasteiger partial charge >= 0.3 is 6.09 Å². The molecule has 1 saturated carbocycles. The molecule has 1 aromatic carbocycles. The number of rotatable bonds is 2. The first-order valence-corrected chi connectivity index (χ1v) is 9.87. The van der Waals surface area contributed by atoms with E-state index in [1.165, 1.54) is 12.8 Å². The van der Waals surface area contributed by atoms with Crippen LogP contribution < -0.4 is 4.74 Å². The molecule has 1 amide bonds. The highest BCUT2D eigenvalue weighted by Crippen LogP contribution is 2.63. The summed E-state index contributed by atoms with van der Waals surface area (Å²) < 4.78 is 18.3. The van der Waals surface area contributed by atoms with Crippen molar-refractivity contribution in [3.8, 4) is 5.75 Å². The van der Waals surface area contributed by atoms with Gasteiger partial charge < -0.3 is 19.1 Å². The molecule has 0 aromatic heterocycles. The molecular weight excluding hydrogens is 330 g/mol. The Morgan fingerprint density at radius 2 is 1.85 bits per heavy atom. The van der Waals surface area contributed by atoms with E-state index in [0.29, 0.717) is 0 Å². The lowest BCUT2D eigenvalue weighted by Gasteiger charge is -2.51. The monoisotopic (exact) mass is 357 g/mol. The molecule has 1 aliphatic carbocycles. The average molecular weight is 357 g/mol. The highest BCUT2D eigenvalue weighted by molar-refractivity contribution is 5.71. The highest BCUT2D eigenvalue weighted by atomic mass is 16.7. The lowest BCUT2D eigenvalue weighted by Crippen LogP contribution is -2.62. The van der Waals surface area contributed by atoms with Gasteiger partial charge in [-0.25, -0.2) is 4.79 Å². The van der Waals surface area contributed by atoms with E-state index in [4.69, 9.17) is 14.2 Å². The summed E-state index contributed by atoms with van der Waals surface area (Å²) in [6.07, 6.45) is 7.31. The molecule has 0 N–H and O–H groups in total. The second-order valence-corrected chi connectivity index (χ2v) is 8.63. The predicted octanol–water partition coefficient (Wildman–Crippen LogP) is 4.20. The van der Waals surface area contributed by atoms with Crippen LogP contribution >= 0.6 is 0 Å². The van der Waals surface area contributed by atoms with Crippen molar-refractivity contribution in [2.75, 3.05) is 13.7 Å². The molecule has 26 heavy (non-hydrogen) atoms. The minimum atomic E-state index is -0.969. The van der Waals surface area contributed by atoms with Gasteiger partial charge in [0.05, 0.1) is 24.2 Å². The molecule has 4 fully saturated rings. The Balaban J connectivity index is 1.64. The first-order valence-electron chi connectivity index (χ1n) is 9.87. The Morgan fingerprint density at radius 3 is 2.54 bits per heavy atom. The van der Waals surface area contributed by atoms with Gasteiger partial charge in [0, 0.05) is 12.1 Å². The minimum Gasteiger partial charge on any atom is -0.497 e. The third-order valence-electron chi connectivity index (χ3n) is 7.30. The zero-order valence-corrected chi connectivity index (χ0v) is 15.6. The van der Waals surface area contributed by atoms with Crippen molar-refractivity contribution >= 4 is 6.09 Å². The van der Waals surface area contributed by atoms with Crippen LogP contribution in [0.15, 0.2) is 24.3 Å².